The smallest absolute Gasteiger partial charge is 0.0935 e. The Labute approximate surface area is 175 Å². The zero-order chi connectivity index (χ0) is 20.5. The van der Waals surface area contributed by atoms with Crippen molar-refractivity contribution < 1.29 is 4.74 Å². The molecule has 1 atom stereocenters. The molecule has 1 aliphatic rings. The summed E-state index contributed by atoms with van der Waals surface area (Å²) in [6, 6.07) is 21.3. The minimum Gasteiger partial charge on any atom is -0.371 e. The summed E-state index contributed by atoms with van der Waals surface area (Å²) in [5.41, 5.74) is 6.17. The summed E-state index contributed by atoms with van der Waals surface area (Å²) < 4.78 is 5.97. The third-order valence-corrected chi connectivity index (χ3v) is 5.01. The third-order valence-electron chi connectivity index (χ3n) is 5.01. The lowest BCUT2D eigenvalue weighted by molar-refractivity contribution is 0.203. The minimum atomic E-state index is 0.382. The van der Waals surface area contributed by atoms with Gasteiger partial charge in [0, 0.05) is 5.56 Å². The molecule has 1 heterocycles. The van der Waals surface area contributed by atoms with E-state index in [1.807, 2.05) is 6.07 Å². The van der Waals surface area contributed by atoms with E-state index in [9.17, 15) is 0 Å². The Balaban J connectivity index is 1.57. The normalized spacial score (nSPS) is 16.7. The summed E-state index contributed by atoms with van der Waals surface area (Å²) in [7, 11) is 0. The van der Waals surface area contributed by atoms with Crippen LogP contribution in [0.3, 0.4) is 0 Å². The predicted octanol–water partition coefficient (Wildman–Crippen LogP) is 6.16. The fourth-order valence-corrected chi connectivity index (χ4v) is 3.20. The summed E-state index contributed by atoms with van der Waals surface area (Å²) in [6.45, 7) is 8.56. The van der Waals surface area contributed by atoms with Crippen LogP contribution in [0.15, 0.2) is 89.1 Å². The maximum atomic E-state index is 5.97. The maximum absolute atomic E-state index is 5.97. The SMILES string of the molecule is CC(C)=CCC/C(C)=C/COC/C(=N\N1CC1c1ccccc1)c1ccccc1. The van der Waals surface area contributed by atoms with Crippen LogP contribution in [0.4, 0.5) is 0 Å². The Bertz CT molecular complexity index is 849. The van der Waals surface area contributed by atoms with Crippen LogP contribution in [0, 0.1) is 0 Å². The van der Waals surface area contributed by atoms with Gasteiger partial charge in [-0.25, -0.2) is 0 Å². The second kappa shape index (κ2) is 10.8. The molecule has 29 heavy (non-hydrogen) atoms. The highest BCUT2D eigenvalue weighted by atomic mass is 16.5. The summed E-state index contributed by atoms with van der Waals surface area (Å²) >= 11 is 0. The second-order valence-electron chi connectivity index (χ2n) is 7.85. The molecule has 2 aromatic rings. The van der Waals surface area contributed by atoms with E-state index in [-0.39, 0.29) is 0 Å². The first-order chi connectivity index (χ1) is 14.1. The summed E-state index contributed by atoms with van der Waals surface area (Å²) in [6.07, 6.45) is 6.65. The third kappa shape index (κ3) is 7.03. The summed E-state index contributed by atoms with van der Waals surface area (Å²) in [5.74, 6) is 0. The lowest BCUT2D eigenvalue weighted by Crippen LogP contribution is -2.13. The van der Waals surface area contributed by atoms with Crippen LogP contribution in [0.2, 0.25) is 0 Å². The number of rotatable bonds is 10. The molecule has 3 heteroatoms. The zero-order valence-electron chi connectivity index (χ0n) is 17.8. The highest BCUT2D eigenvalue weighted by Gasteiger charge is 2.34. The highest BCUT2D eigenvalue weighted by molar-refractivity contribution is 6.01. The van der Waals surface area contributed by atoms with Crippen LogP contribution in [0.5, 0.6) is 0 Å². The molecule has 1 aliphatic heterocycles. The Morgan fingerprint density at radius 1 is 1.00 bits per heavy atom. The molecule has 0 radical (unpaired) electrons. The zero-order valence-corrected chi connectivity index (χ0v) is 17.8. The van der Waals surface area contributed by atoms with E-state index in [1.54, 1.807) is 0 Å². The number of nitrogens with zero attached hydrogens (tertiary/aromatic N) is 2. The lowest BCUT2D eigenvalue weighted by atomic mass is 10.1. The average molecular weight is 389 g/mol. The van der Waals surface area contributed by atoms with Crippen molar-refractivity contribution in [2.24, 2.45) is 5.10 Å². The molecule has 0 spiro atoms. The van der Waals surface area contributed by atoms with Crippen LogP contribution in [0.25, 0.3) is 0 Å². The van der Waals surface area contributed by atoms with Crippen molar-refractivity contribution in [2.45, 2.75) is 39.7 Å². The van der Waals surface area contributed by atoms with Crippen molar-refractivity contribution in [3.05, 3.63) is 95.1 Å². The van der Waals surface area contributed by atoms with Crippen LogP contribution in [0.1, 0.15) is 50.8 Å². The maximum Gasteiger partial charge on any atom is 0.0935 e. The highest BCUT2D eigenvalue weighted by Crippen LogP contribution is 2.35. The minimum absolute atomic E-state index is 0.382. The Morgan fingerprint density at radius 3 is 2.38 bits per heavy atom. The van der Waals surface area contributed by atoms with Crippen LogP contribution in [-0.2, 0) is 4.74 Å². The first kappa shape index (κ1) is 21.1. The molecule has 0 amide bonds. The molecule has 1 fully saturated rings. The standard InChI is InChI=1S/C26H32N2O/c1-21(2)11-10-12-22(3)17-18-29-20-25(23-13-6-4-7-14-23)27-28-19-26(28)24-15-8-5-9-16-24/h4-9,11,13-17,26H,10,12,18-20H2,1-3H3/b22-17+,27-25+. The lowest BCUT2D eigenvalue weighted by Gasteiger charge is -2.09. The first-order valence-corrected chi connectivity index (χ1v) is 10.4. The molecule has 152 valence electrons. The Hall–Kier alpha value is -2.65. The van der Waals surface area contributed by atoms with Gasteiger partial charge in [0.25, 0.3) is 0 Å². The van der Waals surface area contributed by atoms with Gasteiger partial charge in [0.2, 0.25) is 0 Å². The molecule has 3 rings (SSSR count). The molecule has 1 unspecified atom stereocenters. The number of allylic oxidation sites excluding steroid dienone is 3. The quantitative estimate of drug-likeness (QED) is 0.211. The van der Waals surface area contributed by atoms with Gasteiger partial charge in [-0.15, -0.1) is 0 Å². The van der Waals surface area contributed by atoms with Gasteiger partial charge in [0.1, 0.15) is 0 Å². The molecule has 2 aromatic carbocycles. The second-order valence-corrected chi connectivity index (χ2v) is 7.85. The van der Waals surface area contributed by atoms with Gasteiger partial charge in [-0.2, -0.15) is 5.10 Å². The molecule has 0 aliphatic carbocycles. The van der Waals surface area contributed by atoms with Gasteiger partial charge in [-0.05, 0) is 39.2 Å². The topological polar surface area (TPSA) is 24.6 Å². The number of hydrazone groups is 1. The molecule has 3 nitrogen and oxygen atoms in total. The van der Waals surface area contributed by atoms with Crippen molar-refractivity contribution in [1.29, 1.82) is 0 Å². The number of ether oxygens (including phenoxy) is 1. The van der Waals surface area contributed by atoms with E-state index in [4.69, 9.17) is 9.84 Å². The fourth-order valence-electron chi connectivity index (χ4n) is 3.20. The molecule has 0 aromatic heterocycles. The van der Waals surface area contributed by atoms with Crippen molar-refractivity contribution >= 4 is 5.71 Å². The molecular formula is C26H32N2O. The molecule has 0 saturated carbocycles. The van der Waals surface area contributed by atoms with E-state index in [0.717, 1.165) is 30.7 Å². The molecule has 1 saturated heterocycles. The number of hydrogen-bond donors (Lipinski definition) is 0. The van der Waals surface area contributed by atoms with Gasteiger partial charge in [0.05, 0.1) is 31.5 Å². The average Bonchev–Trinajstić information content (AvgIpc) is 3.50. The van der Waals surface area contributed by atoms with E-state index < -0.39 is 0 Å². The van der Waals surface area contributed by atoms with Gasteiger partial charge < -0.3 is 4.74 Å². The van der Waals surface area contributed by atoms with E-state index in [1.165, 1.54) is 16.7 Å². The largest absolute Gasteiger partial charge is 0.371 e. The van der Waals surface area contributed by atoms with E-state index in [0.29, 0.717) is 19.3 Å². The monoisotopic (exact) mass is 388 g/mol. The number of benzene rings is 2. The van der Waals surface area contributed by atoms with E-state index >= 15 is 0 Å². The van der Waals surface area contributed by atoms with Gasteiger partial charge in [-0.1, -0.05) is 84.0 Å². The van der Waals surface area contributed by atoms with Gasteiger partial charge >= 0.3 is 0 Å². The van der Waals surface area contributed by atoms with Gasteiger partial charge in [0.15, 0.2) is 0 Å². The van der Waals surface area contributed by atoms with Crippen LogP contribution >= 0.6 is 0 Å². The summed E-state index contributed by atoms with van der Waals surface area (Å²) in [5, 5.41) is 7.04. The summed E-state index contributed by atoms with van der Waals surface area (Å²) in [4.78, 5) is 0. The van der Waals surface area contributed by atoms with Crippen molar-refractivity contribution in [1.82, 2.24) is 5.01 Å². The number of hydrogen-bond acceptors (Lipinski definition) is 3. The molecule has 0 bridgehead atoms. The Kier molecular flexibility index (Phi) is 7.83. The van der Waals surface area contributed by atoms with Crippen molar-refractivity contribution in [2.75, 3.05) is 19.8 Å². The fraction of sp³-hybridized carbons (Fsp3) is 0.346. The molecule has 0 N–H and O–H groups in total. The Morgan fingerprint density at radius 2 is 1.69 bits per heavy atom. The molecular weight excluding hydrogens is 356 g/mol. The van der Waals surface area contributed by atoms with Crippen LogP contribution < -0.4 is 0 Å². The first-order valence-electron chi connectivity index (χ1n) is 10.4. The predicted molar refractivity (Wildman–Crippen MR) is 122 cm³/mol. The van der Waals surface area contributed by atoms with E-state index in [2.05, 4.69) is 92.5 Å². The van der Waals surface area contributed by atoms with Crippen LogP contribution in [-0.4, -0.2) is 30.5 Å². The van der Waals surface area contributed by atoms with Gasteiger partial charge in [-0.3, -0.25) is 5.01 Å². The van der Waals surface area contributed by atoms with Crippen molar-refractivity contribution in [3.63, 3.8) is 0 Å². The van der Waals surface area contributed by atoms with Crippen molar-refractivity contribution in [3.8, 4) is 0 Å².